The highest BCUT2D eigenvalue weighted by Crippen LogP contribution is 2.43. The molecule has 0 bridgehead atoms. The molecule has 9 heteroatoms. The third-order valence-corrected chi connectivity index (χ3v) is 5.13. The molecular weight excluding hydrogens is 450 g/mol. The van der Waals surface area contributed by atoms with Gasteiger partial charge in [0.2, 0.25) is 0 Å². The van der Waals surface area contributed by atoms with Gasteiger partial charge in [-0.15, -0.1) is 0 Å². The van der Waals surface area contributed by atoms with Crippen LogP contribution in [-0.2, 0) is 4.79 Å². The summed E-state index contributed by atoms with van der Waals surface area (Å²) in [6, 6.07) is 10.5. The fraction of sp³-hybridized carbons (Fsp3) is 0.125. The number of methoxy groups -OCH3 is 1. The molecule has 4 rings (SSSR count). The summed E-state index contributed by atoms with van der Waals surface area (Å²) >= 11 is 5.78. The second kappa shape index (κ2) is 9.22. The van der Waals surface area contributed by atoms with Crippen molar-refractivity contribution in [3.8, 4) is 28.7 Å². The maximum atomic E-state index is 12.7. The lowest BCUT2D eigenvalue weighted by Gasteiger charge is -2.26. The van der Waals surface area contributed by atoms with Crippen LogP contribution < -0.4 is 14.2 Å². The Balaban J connectivity index is 1.54. The molecule has 0 radical (unpaired) electrons. The third kappa shape index (κ3) is 4.91. The van der Waals surface area contributed by atoms with Crippen molar-refractivity contribution in [1.82, 2.24) is 4.98 Å². The van der Waals surface area contributed by atoms with Gasteiger partial charge in [0.1, 0.15) is 28.9 Å². The Kier molecular flexibility index (Phi) is 6.19. The van der Waals surface area contributed by atoms with E-state index >= 15 is 0 Å². The van der Waals surface area contributed by atoms with Crippen molar-refractivity contribution in [3.63, 3.8) is 0 Å². The average Bonchev–Trinajstić information content (AvgIpc) is 2.78. The maximum absolute atomic E-state index is 12.7. The van der Waals surface area contributed by atoms with Gasteiger partial charge in [0, 0.05) is 24.4 Å². The van der Waals surface area contributed by atoms with E-state index in [0.29, 0.717) is 16.3 Å². The maximum Gasteiger partial charge on any atom is 0.336 e. The van der Waals surface area contributed by atoms with Gasteiger partial charge in [0.25, 0.3) is 0 Å². The quantitative estimate of drug-likeness (QED) is 0.320. The van der Waals surface area contributed by atoms with Gasteiger partial charge in [0.05, 0.1) is 24.2 Å². The summed E-state index contributed by atoms with van der Waals surface area (Å²) in [6.45, 7) is 0. The van der Waals surface area contributed by atoms with Gasteiger partial charge in [-0.3, -0.25) is 9.78 Å². The Labute approximate surface area is 193 Å². The highest BCUT2D eigenvalue weighted by atomic mass is 35.5. The zero-order valence-corrected chi connectivity index (χ0v) is 18.1. The normalized spacial score (nSPS) is 15.1. The van der Waals surface area contributed by atoms with Gasteiger partial charge < -0.3 is 24.4 Å². The van der Waals surface area contributed by atoms with E-state index in [1.807, 2.05) is 0 Å². The average molecular weight is 468 g/mol. The van der Waals surface area contributed by atoms with Gasteiger partial charge in [0.15, 0.2) is 17.3 Å². The first-order valence-corrected chi connectivity index (χ1v) is 10.2. The summed E-state index contributed by atoms with van der Waals surface area (Å²) in [7, 11) is 1.43. The Morgan fingerprint density at radius 2 is 2.00 bits per heavy atom. The summed E-state index contributed by atoms with van der Waals surface area (Å²) in [5.74, 6) is -1.17. The number of carbonyl (C=O) groups is 2. The first kappa shape index (κ1) is 22.2. The standard InChI is InChI=1S/C24H18ClNO7/c1-31-20-6-2-13(8-17(20)27)21-11-19(29)24-18(28)9-16(10-22(24)33-21)32-23(30)7-5-15-4-3-14(25)12-26-15/h2-10,12,21,27-28H,11H2,1H3/b7-5+/t21-/m0/s1. The number of ether oxygens (including phenoxy) is 3. The van der Waals surface area contributed by atoms with Crippen molar-refractivity contribution in [2.24, 2.45) is 0 Å². The van der Waals surface area contributed by atoms with E-state index in [4.69, 9.17) is 25.8 Å². The number of hydrogen-bond acceptors (Lipinski definition) is 8. The minimum Gasteiger partial charge on any atom is -0.507 e. The van der Waals surface area contributed by atoms with Crippen LogP contribution in [0.5, 0.6) is 28.7 Å². The van der Waals surface area contributed by atoms with Crippen LogP contribution in [0.4, 0.5) is 0 Å². The first-order chi connectivity index (χ1) is 15.8. The predicted molar refractivity (Wildman–Crippen MR) is 119 cm³/mol. The van der Waals surface area contributed by atoms with Crippen LogP contribution in [0, 0.1) is 0 Å². The molecule has 1 aliphatic heterocycles. The molecule has 0 unspecified atom stereocenters. The van der Waals surface area contributed by atoms with Crippen molar-refractivity contribution < 1.29 is 34.0 Å². The number of carbonyl (C=O) groups excluding carboxylic acids is 2. The largest absolute Gasteiger partial charge is 0.507 e. The van der Waals surface area contributed by atoms with Crippen molar-refractivity contribution in [2.75, 3.05) is 7.11 Å². The fourth-order valence-electron chi connectivity index (χ4n) is 3.36. The van der Waals surface area contributed by atoms with E-state index < -0.39 is 12.1 Å². The molecule has 0 amide bonds. The number of hydrogen-bond donors (Lipinski definition) is 2. The van der Waals surface area contributed by atoms with Gasteiger partial charge >= 0.3 is 5.97 Å². The number of aromatic nitrogens is 1. The molecule has 0 saturated carbocycles. The van der Waals surface area contributed by atoms with E-state index in [-0.39, 0.29) is 46.5 Å². The highest BCUT2D eigenvalue weighted by molar-refractivity contribution is 6.30. The molecule has 0 saturated heterocycles. The molecule has 168 valence electrons. The second-order valence-electron chi connectivity index (χ2n) is 7.14. The van der Waals surface area contributed by atoms with Crippen LogP contribution in [-0.4, -0.2) is 34.1 Å². The number of aromatic hydroxyl groups is 2. The number of Topliss-reactive ketones (excluding diaryl/α,β-unsaturated/α-hetero) is 1. The molecule has 2 N–H and O–H groups in total. The SMILES string of the molecule is COc1ccc([C@@H]2CC(=O)c3c(O)cc(OC(=O)/C=C/c4ccc(Cl)cn4)cc3O2)cc1O. The van der Waals surface area contributed by atoms with Crippen molar-refractivity contribution in [1.29, 1.82) is 0 Å². The van der Waals surface area contributed by atoms with E-state index in [0.717, 1.165) is 0 Å². The van der Waals surface area contributed by atoms with Crippen molar-refractivity contribution >= 4 is 29.4 Å². The molecule has 1 atom stereocenters. The van der Waals surface area contributed by atoms with Crippen molar-refractivity contribution in [2.45, 2.75) is 12.5 Å². The molecule has 3 aromatic rings. The van der Waals surface area contributed by atoms with Crippen LogP contribution in [0.15, 0.2) is 54.7 Å². The number of rotatable bonds is 5. The Hall–Kier alpha value is -4.04. The molecule has 0 fully saturated rings. The number of phenols is 2. The number of fused-ring (bicyclic) bond motifs is 1. The molecule has 0 spiro atoms. The Morgan fingerprint density at radius 1 is 1.18 bits per heavy atom. The molecular formula is C24H18ClNO7. The van der Waals surface area contributed by atoms with Gasteiger partial charge in [-0.1, -0.05) is 17.7 Å². The molecule has 1 aliphatic rings. The van der Waals surface area contributed by atoms with Crippen LogP contribution >= 0.6 is 11.6 Å². The van der Waals surface area contributed by atoms with Gasteiger partial charge in [-0.25, -0.2) is 4.79 Å². The van der Waals surface area contributed by atoms with E-state index in [9.17, 15) is 19.8 Å². The number of halogens is 1. The van der Waals surface area contributed by atoms with Crippen LogP contribution in [0.25, 0.3) is 6.08 Å². The van der Waals surface area contributed by atoms with Crippen LogP contribution in [0.1, 0.15) is 34.1 Å². The summed E-state index contributed by atoms with van der Waals surface area (Å²) in [5, 5.41) is 20.8. The molecule has 33 heavy (non-hydrogen) atoms. The molecule has 2 aromatic carbocycles. The molecule has 0 aliphatic carbocycles. The first-order valence-electron chi connectivity index (χ1n) is 9.79. The predicted octanol–water partition coefficient (Wildman–Crippen LogP) is 4.48. The number of ketones is 1. The van der Waals surface area contributed by atoms with E-state index in [2.05, 4.69) is 4.98 Å². The van der Waals surface area contributed by atoms with Crippen LogP contribution in [0.3, 0.4) is 0 Å². The Morgan fingerprint density at radius 3 is 2.70 bits per heavy atom. The smallest absolute Gasteiger partial charge is 0.336 e. The number of nitrogens with zero attached hydrogens (tertiary/aromatic N) is 1. The fourth-order valence-corrected chi connectivity index (χ4v) is 3.47. The summed E-state index contributed by atoms with van der Waals surface area (Å²) in [5.41, 5.74) is 1.06. The number of phenolic OH excluding ortho intramolecular Hbond substituents is 2. The minimum atomic E-state index is -0.718. The molecule has 8 nitrogen and oxygen atoms in total. The number of benzene rings is 2. The van der Waals surface area contributed by atoms with Crippen LogP contribution in [0.2, 0.25) is 5.02 Å². The zero-order chi connectivity index (χ0) is 23.5. The number of esters is 1. The van der Waals surface area contributed by atoms with Gasteiger partial charge in [-0.05, 0) is 35.9 Å². The summed E-state index contributed by atoms with van der Waals surface area (Å²) < 4.78 is 16.2. The summed E-state index contributed by atoms with van der Waals surface area (Å²) in [4.78, 5) is 28.9. The van der Waals surface area contributed by atoms with Gasteiger partial charge in [-0.2, -0.15) is 0 Å². The minimum absolute atomic E-state index is 0.00371. The second-order valence-corrected chi connectivity index (χ2v) is 7.57. The molecule has 2 heterocycles. The highest BCUT2D eigenvalue weighted by Gasteiger charge is 2.31. The van der Waals surface area contributed by atoms with E-state index in [1.54, 1.807) is 24.3 Å². The molecule has 1 aromatic heterocycles. The number of pyridine rings is 1. The summed E-state index contributed by atoms with van der Waals surface area (Å²) in [6.07, 6.45) is 3.32. The Bertz CT molecular complexity index is 1250. The monoisotopic (exact) mass is 467 g/mol. The lowest BCUT2D eigenvalue weighted by molar-refractivity contribution is -0.128. The lowest BCUT2D eigenvalue weighted by atomic mass is 9.95. The van der Waals surface area contributed by atoms with E-state index in [1.165, 1.54) is 43.7 Å². The zero-order valence-electron chi connectivity index (χ0n) is 17.3. The van der Waals surface area contributed by atoms with Crippen molar-refractivity contribution in [3.05, 3.63) is 76.6 Å². The third-order valence-electron chi connectivity index (χ3n) is 4.91. The lowest BCUT2D eigenvalue weighted by Crippen LogP contribution is -2.20. The topological polar surface area (TPSA) is 115 Å².